The highest BCUT2D eigenvalue weighted by molar-refractivity contribution is 9.09. The molecule has 1 aromatic rings. The second-order valence-corrected chi connectivity index (χ2v) is 6.53. The molecule has 0 saturated heterocycles. The molecule has 2 rings (SSSR count). The molecular weight excluding hydrogens is 334 g/mol. The zero-order valence-electron chi connectivity index (χ0n) is 12.8. The average molecular weight is 358 g/mol. The SMILES string of the molecule is COCCN(C)c1cnn(CC2(CBr)CCCC2)c(=O)c1. The van der Waals surface area contributed by atoms with E-state index in [0.717, 1.165) is 17.6 Å². The van der Waals surface area contributed by atoms with Crippen LogP contribution in [0.1, 0.15) is 25.7 Å². The summed E-state index contributed by atoms with van der Waals surface area (Å²) in [5.41, 5.74) is 1.01. The van der Waals surface area contributed by atoms with Crippen LogP contribution in [-0.4, -0.2) is 42.4 Å². The van der Waals surface area contributed by atoms with Gasteiger partial charge in [-0.25, -0.2) is 4.68 Å². The van der Waals surface area contributed by atoms with Crippen molar-refractivity contribution in [2.24, 2.45) is 5.41 Å². The summed E-state index contributed by atoms with van der Waals surface area (Å²) >= 11 is 3.62. The number of hydrogen-bond donors (Lipinski definition) is 0. The molecule has 1 aromatic heterocycles. The fourth-order valence-corrected chi connectivity index (χ4v) is 3.62. The molecule has 118 valence electrons. The summed E-state index contributed by atoms with van der Waals surface area (Å²) < 4.78 is 6.67. The maximum absolute atomic E-state index is 12.3. The number of nitrogens with zero attached hydrogens (tertiary/aromatic N) is 3. The molecule has 0 N–H and O–H groups in total. The third kappa shape index (κ3) is 4.07. The quantitative estimate of drug-likeness (QED) is 0.702. The Balaban J connectivity index is 2.10. The Hall–Kier alpha value is -0.880. The van der Waals surface area contributed by atoms with Gasteiger partial charge in [0.1, 0.15) is 0 Å². The lowest BCUT2D eigenvalue weighted by Crippen LogP contribution is -2.34. The monoisotopic (exact) mass is 357 g/mol. The minimum atomic E-state index is -0.0241. The topological polar surface area (TPSA) is 47.4 Å². The maximum atomic E-state index is 12.3. The number of rotatable bonds is 7. The van der Waals surface area contributed by atoms with E-state index in [1.165, 1.54) is 25.7 Å². The van der Waals surface area contributed by atoms with Crippen molar-refractivity contribution in [1.29, 1.82) is 0 Å². The van der Waals surface area contributed by atoms with Crippen LogP contribution in [0.5, 0.6) is 0 Å². The molecule has 1 aliphatic carbocycles. The Morgan fingerprint density at radius 3 is 2.76 bits per heavy atom. The molecule has 0 aliphatic heterocycles. The fraction of sp³-hybridized carbons (Fsp3) is 0.733. The van der Waals surface area contributed by atoms with Crippen LogP contribution in [-0.2, 0) is 11.3 Å². The van der Waals surface area contributed by atoms with Crippen molar-refractivity contribution >= 4 is 21.6 Å². The molecular formula is C15H24BrN3O2. The van der Waals surface area contributed by atoms with E-state index in [1.807, 2.05) is 11.9 Å². The van der Waals surface area contributed by atoms with Crippen LogP contribution in [0.25, 0.3) is 0 Å². The van der Waals surface area contributed by atoms with Gasteiger partial charge in [-0.3, -0.25) is 4.79 Å². The van der Waals surface area contributed by atoms with Gasteiger partial charge in [-0.05, 0) is 18.3 Å². The van der Waals surface area contributed by atoms with Crippen LogP contribution < -0.4 is 10.5 Å². The molecule has 0 aromatic carbocycles. The predicted octanol–water partition coefficient (Wildman–Crippen LogP) is 2.28. The van der Waals surface area contributed by atoms with Gasteiger partial charge >= 0.3 is 0 Å². The van der Waals surface area contributed by atoms with E-state index in [9.17, 15) is 4.79 Å². The molecule has 0 spiro atoms. The van der Waals surface area contributed by atoms with Crippen molar-refractivity contribution in [2.45, 2.75) is 32.2 Å². The predicted molar refractivity (Wildman–Crippen MR) is 88.3 cm³/mol. The van der Waals surface area contributed by atoms with Crippen LogP contribution in [0.15, 0.2) is 17.1 Å². The van der Waals surface area contributed by atoms with E-state index in [-0.39, 0.29) is 11.0 Å². The van der Waals surface area contributed by atoms with E-state index < -0.39 is 0 Å². The fourth-order valence-electron chi connectivity index (χ4n) is 2.89. The number of likely N-dealkylation sites (N-methyl/N-ethyl adjacent to an activating group) is 1. The van der Waals surface area contributed by atoms with Crippen molar-refractivity contribution in [3.05, 3.63) is 22.6 Å². The summed E-state index contributed by atoms with van der Waals surface area (Å²) in [6.45, 7) is 2.08. The lowest BCUT2D eigenvalue weighted by atomic mass is 9.89. The molecule has 0 unspecified atom stereocenters. The summed E-state index contributed by atoms with van der Waals surface area (Å²) in [6.07, 6.45) is 6.61. The third-order valence-electron chi connectivity index (χ3n) is 4.36. The molecule has 6 heteroatoms. The minimum Gasteiger partial charge on any atom is -0.383 e. The molecule has 1 saturated carbocycles. The average Bonchev–Trinajstić information content (AvgIpc) is 2.96. The first-order valence-corrected chi connectivity index (χ1v) is 8.56. The van der Waals surface area contributed by atoms with Crippen molar-refractivity contribution < 1.29 is 4.74 Å². The van der Waals surface area contributed by atoms with Gasteiger partial charge in [0.15, 0.2) is 0 Å². The van der Waals surface area contributed by atoms with Crippen LogP contribution in [0.3, 0.4) is 0 Å². The van der Waals surface area contributed by atoms with Crippen molar-refractivity contribution in [3.63, 3.8) is 0 Å². The molecule has 1 heterocycles. The first-order chi connectivity index (χ1) is 10.1. The second-order valence-electron chi connectivity index (χ2n) is 5.96. The van der Waals surface area contributed by atoms with Gasteiger partial charge in [0.2, 0.25) is 0 Å². The molecule has 1 aliphatic rings. The number of hydrogen-bond acceptors (Lipinski definition) is 4. The first-order valence-electron chi connectivity index (χ1n) is 7.43. The number of aromatic nitrogens is 2. The molecule has 1 fully saturated rings. The molecule has 0 radical (unpaired) electrons. The summed E-state index contributed by atoms with van der Waals surface area (Å²) in [5, 5.41) is 5.30. The number of ether oxygens (including phenoxy) is 1. The van der Waals surface area contributed by atoms with Gasteiger partial charge in [-0.1, -0.05) is 28.8 Å². The van der Waals surface area contributed by atoms with Gasteiger partial charge in [0.05, 0.1) is 25.0 Å². The summed E-state index contributed by atoms with van der Waals surface area (Å²) in [6, 6.07) is 1.67. The smallest absolute Gasteiger partial charge is 0.268 e. The van der Waals surface area contributed by atoms with Crippen molar-refractivity contribution in [1.82, 2.24) is 9.78 Å². The van der Waals surface area contributed by atoms with Gasteiger partial charge in [-0.2, -0.15) is 5.10 Å². The third-order valence-corrected chi connectivity index (χ3v) is 5.55. The molecule has 21 heavy (non-hydrogen) atoms. The van der Waals surface area contributed by atoms with E-state index in [0.29, 0.717) is 13.2 Å². The van der Waals surface area contributed by atoms with E-state index in [1.54, 1.807) is 24.1 Å². The highest BCUT2D eigenvalue weighted by Gasteiger charge is 2.33. The van der Waals surface area contributed by atoms with Crippen molar-refractivity contribution in [3.8, 4) is 0 Å². The van der Waals surface area contributed by atoms with Crippen LogP contribution in [0, 0.1) is 5.41 Å². The van der Waals surface area contributed by atoms with E-state index >= 15 is 0 Å². The van der Waals surface area contributed by atoms with E-state index in [4.69, 9.17) is 4.74 Å². The second kappa shape index (κ2) is 7.40. The zero-order chi connectivity index (χ0) is 15.3. The molecule has 0 bridgehead atoms. The lowest BCUT2D eigenvalue weighted by molar-refractivity contribution is 0.206. The molecule has 0 amide bonds. The maximum Gasteiger partial charge on any atom is 0.268 e. The Morgan fingerprint density at radius 2 is 2.19 bits per heavy atom. The summed E-state index contributed by atoms with van der Waals surface area (Å²) in [5.74, 6) is 0. The standard InChI is InChI=1S/C15H24BrN3O2/c1-18(7-8-21-2)13-9-14(20)19(17-10-13)12-15(11-16)5-3-4-6-15/h9-10H,3-8,11-12H2,1-2H3. The number of halogens is 1. The van der Waals surface area contributed by atoms with E-state index in [2.05, 4.69) is 21.0 Å². The highest BCUT2D eigenvalue weighted by atomic mass is 79.9. The lowest BCUT2D eigenvalue weighted by Gasteiger charge is -2.27. The Morgan fingerprint density at radius 1 is 1.48 bits per heavy atom. The van der Waals surface area contributed by atoms with Crippen LogP contribution in [0.2, 0.25) is 0 Å². The highest BCUT2D eigenvalue weighted by Crippen LogP contribution is 2.40. The van der Waals surface area contributed by atoms with Crippen LogP contribution >= 0.6 is 15.9 Å². The number of alkyl halides is 1. The van der Waals surface area contributed by atoms with Gasteiger partial charge in [-0.15, -0.1) is 0 Å². The molecule has 5 nitrogen and oxygen atoms in total. The first kappa shape index (κ1) is 16.5. The van der Waals surface area contributed by atoms with Crippen molar-refractivity contribution in [2.75, 3.05) is 37.5 Å². The molecule has 0 atom stereocenters. The Kier molecular flexibility index (Phi) is 5.81. The summed E-state index contributed by atoms with van der Waals surface area (Å²) in [4.78, 5) is 14.3. The Bertz CT molecular complexity index is 512. The number of methoxy groups -OCH3 is 1. The Labute approximate surface area is 134 Å². The summed E-state index contributed by atoms with van der Waals surface area (Å²) in [7, 11) is 3.61. The van der Waals surface area contributed by atoms with Gasteiger partial charge in [0, 0.05) is 32.1 Å². The number of anilines is 1. The van der Waals surface area contributed by atoms with Gasteiger partial charge in [0.25, 0.3) is 5.56 Å². The van der Waals surface area contributed by atoms with Crippen LogP contribution in [0.4, 0.5) is 5.69 Å². The van der Waals surface area contributed by atoms with Gasteiger partial charge < -0.3 is 9.64 Å². The minimum absolute atomic E-state index is 0.0241. The zero-order valence-corrected chi connectivity index (χ0v) is 14.4. The normalized spacial score (nSPS) is 17.1. The largest absolute Gasteiger partial charge is 0.383 e.